The lowest BCUT2D eigenvalue weighted by Crippen LogP contribution is -2.35. The van der Waals surface area contributed by atoms with E-state index in [0.29, 0.717) is 13.1 Å². The molecule has 0 bridgehead atoms. The van der Waals surface area contributed by atoms with Gasteiger partial charge in [-0.3, -0.25) is 0 Å². The van der Waals surface area contributed by atoms with Crippen molar-refractivity contribution in [1.82, 2.24) is 20.6 Å². The first-order valence-corrected chi connectivity index (χ1v) is 6.90. The molecule has 2 amide bonds. The first-order valence-electron chi connectivity index (χ1n) is 6.90. The van der Waals surface area contributed by atoms with Gasteiger partial charge in [-0.2, -0.15) is 0 Å². The highest BCUT2D eigenvalue weighted by atomic mass is 16.2. The van der Waals surface area contributed by atoms with Crippen molar-refractivity contribution >= 4 is 6.03 Å². The van der Waals surface area contributed by atoms with Crippen molar-refractivity contribution in [1.29, 1.82) is 0 Å². The van der Waals surface area contributed by atoms with Crippen molar-refractivity contribution < 1.29 is 4.79 Å². The summed E-state index contributed by atoms with van der Waals surface area (Å²) in [7, 11) is 0. The van der Waals surface area contributed by atoms with E-state index < -0.39 is 0 Å². The van der Waals surface area contributed by atoms with Gasteiger partial charge in [0.05, 0.1) is 0 Å². The summed E-state index contributed by atoms with van der Waals surface area (Å²) in [6, 6.07) is 7.77. The average Bonchev–Trinajstić information content (AvgIpc) is 3.00. The van der Waals surface area contributed by atoms with Gasteiger partial charge in [0.15, 0.2) is 0 Å². The molecule has 2 aromatic rings. The van der Waals surface area contributed by atoms with E-state index in [1.807, 2.05) is 24.3 Å². The SMILES string of the molecule is CCCCNC(=O)NCc1ccccc1-c1ncc[nH]1. The largest absolute Gasteiger partial charge is 0.345 e. The average molecular weight is 272 g/mol. The van der Waals surface area contributed by atoms with Crippen molar-refractivity contribution in [3.05, 3.63) is 42.2 Å². The van der Waals surface area contributed by atoms with Crippen LogP contribution in [0.3, 0.4) is 0 Å². The Kier molecular flexibility index (Phi) is 5.17. The van der Waals surface area contributed by atoms with E-state index in [2.05, 4.69) is 27.5 Å². The number of hydrogen-bond acceptors (Lipinski definition) is 2. The minimum atomic E-state index is -0.132. The standard InChI is InChI=1S/C15H20N4O/c1-2-3-8-18-15(20)19-11-12-6-4-5-7-13(12)14-16-9-10-17-14/h4-7,9-10H,2-3,8,11H2,1H3,(H,16,17)(H2,18,19,20). The number of hydrogen-bond donors (Lipinski definition) is 3. The number of carbonyl (C=O) groups is 1. The number of imidazole rings is 1. The van der Waals surface area contributed by atoms with Crippen LogP contribution in [-0.2, 0) is 6.54 Å². The summed E-state index contributed by atoms with van der Waals surface area (Å²) in [5, 5.41) is 5.70. The fraction of sp³-hybridized carbons (Fsp3) is 0.333. The van der Waals surface area contributed by atoms with Gasteiger partial charge < -0.3 is 15.6 Å². The second-order valence-electron chi connectivity index (χ2n) is 4.56. The molecule has 0 radical (unpaired) electrons. The van der Waals surface area contributed by atoms with Crippen LogP contribution in [0.15, 0.2) is 36.7 Å². The summed E-state index contributed by atoms with van der Waals surface area (Å²) in [5.41, 5.74) is 2.04. The molecular formula is C15H20N4O. The number of rotatable bonds is 6. The Hall–Kier alpha value is -2.30. The summed E-state index contributed by atoms with van der Waals surface area (Å²) >= 11 is 0. The van der Waals surface area contributed by atoms with Crippen LogP contribution in [0.25, 0.3) is 11.4 Å². The number of urea groups is 1. The Balaban J connectivity index is 1.95. The topological polar surface area (TPSA) is 69.8 Å². The van der Waals surface area contributed by atoms with E-state index in [4.69, 9.17) is 0 Å². The Bertz CT molecular complexity index is 537. The minimum absolute atomic E-state index is 0.132. The third kappa shape index (κ3) is 3.85. The van der Waals surface area contributed by atoms with Crippen LogP contribution in [-0.4, -0.2) is 22.5 Å². The fourth-order valence-corrected chi connectivity index (χ4v) is 1.93. The predicted octanol–water partition coefficient (Wildman–Crippen LogP) is 2.68. The van der Waals surface area contributed by atoms with Gasteiger partial charge in [0.2, 0.25) is 0 Å². The second-order valence-corrected chi connectivity index (χ2v) is 4.56. The first kappa shape index (κ1) is 14.1. The van der Waals surface area contributed by atoms with E-state index in [-0.39, 0.29) is 6.03 Å². The monoisotopic (exact) mass is 272 g/mol. The number of carbonyl (C=O) groups excluding carboxylic acids is 1. The first-order chi connectivity index (χ1) is 9.81. The molecule has 0 unspecified atom stereocenters. The number of aromatic amines is 1. The van der Waals surface area contributed by atoms with Crippen molar-refractivity contribution in [3.8, 4) is 11.4 Å². The molecule has 0 saturated carbocycles. The van der Waals surface area contributed by atoms with Gasteiger partial charge in [-0.1, -0.05) is 37.6 Å². The highest BCUT2D eigenvalue weighted by molar-refractivity contribution is 5.74. The van der Waals surface area contributed by atoms with E-state index in [0.717, 1.165) is 29.8 Å². The van der Waals surface area contributed by atoms with Crippen molar-refractivity contribution in [2.75, 3.05) is 6.54 Å². The van der Waals surface area contributed by atoms with Gasteiger partial charge >= 0.3 is 6.03 Å². The zero-order valence-electron chi connectivity index (χ0n) is 11.6. The number of H-pyrrole nitrogens is 1. The number of aromatic nitrogens is 2. The molecule has 3 N–H and O–H groups in total. The van der Waals surface area contributed by atoms with Gasteiger partial charge in [0, 0.05) is 31.0 Å². The molecule has 5 heteroatoms. The van der Waals surface area contributed by atoms with E-state index in [1.165, 1.54) is 0 Å². The molecule has 0 fully saturated rings. The predicted molar refractivity (Wildman–Crippen MR) is 79.2 cm³/mol. The lowest BCUT2D eigenvalue weighted by atomic mass is 10.1. The smallest absolute Gasteiger partial charge is 0.315 e. The maximum absolute atomic E-state index is 11.6. The Morgan fingerprint density at radius 1 is 1.30 bits per heavy atom. The molecule has 106 valence electrons. The molecular weight excluding hydrogens is 252 g/mol. The molecule has 0 aliphatic rings. The van der Waals surface area contributed by atoms with Gasteiger partial charge in [-0.15, -0.1) is 0 Å². The maximum atomic E-state index is 11.6. The Morgan fingerprint density at radius 2 is 2.15 bits per heavy atom. The molecule has 1 heterocycles. The zero-order valence-corrected chi connectivity index (χ0v) is 11.6. The van der Waals surface area contributed by atoms with Crippen molar-refractivity contribution in [3.63, 3.8) is 0 Å². The highest BCUT2D eigenvalue weighted by Gasteiger charge is 2.07. The third-order valence-electron chi connectivity index (χ3n) is 3.03. The molecule has 5 nitrogen and oxygen atoms in total. The van der Waals surface area contributed by atoms with Crippen LogP contribution in [0.1, 0.15) is 25.3 Å². The normalized spacial score (nSPS) is 10.2. The van der Waals surface area contributed by atoms with Gasteiger partial charge in [0.1, 0.15) is 5.82 Å². The van der Waals surface area contributed by atoms with Gasteiger partial charge in [0.25, 0.3) is 0 Å². The summed E-state index contributed by atoms with van der Waals surface area (Å²) in [5.74, 6) is 0.814. The molecule has 0 spiro atoms. The van der Waals surface area contributed by atoms with E-state index in [9.17, 15) is 4.79 Å². The molecule has 0 aliphatic carbocycles. The van der Waals surface area contributed by atoms with Crippen LogP contribution >= 0.6 is 0 Å². The Morgan fingerprint density at radius 3 is 2.90 bits per heavy atom. The number of nitrogens with one attached hydrogen (secondary N) is 3. The second kappa shape index (κ2) is 7.33. The number of nitrogens with zero attached hydrogens (tertiary/aromatic N) is 1. The lowest BCUT2D eigenvalue weighted by molar-refractivity contribution is 0.240. The van der Waals surface area contributed by atoms with Gasteiger partial charge in [-0.25, -0.2) is 9.78 Å². The summed E-state index contributed by atoms with van der Waals surface area (Å²) in [4.78, 5) is 19.0. The molecule has 1 aromatic heterocycles. The molecule has 1 aromatic carbocycles. The van der Waals surface area contributed by atoms with Crippen LogP contribution in [0.5, 0.6) is 0 Å². The fourth-order valence-electron chi connectivity index (χ4n) is 1.93. The van der Waals surface area contributed by atoms with Crippen LogP contribution in [0, 0.1) is 0 Å². The summed E-state index contributed by atoms with van der Waals surface area (Å²) in [6.45, 7) is 3.29. The van der Waals surface area contributed by atoms with Crippen molar-refractivity contribution in [2.24, 2.45) is 0 Å². The molecule has 20 heavy (non-hydrogen) atoms. The quantitative estimate of drug-likeness (QED) is 0.708. The lowest BCUT2D eigenvalue weighted by Gasteiger charge is -2.10. The van der Waals surface area contributed by atoms with E-state index >= 15 is 0 Å². The summed E-state index contributed by atoms with van der Waals surface area (Å²) < 4.78 is 0. The maximum Gasteiger partial charge on any atom is 0.315 e. The van der Waals surface area contributed by atoms with Crippen molar-refractivity contribution in [2.45, 2.75) is 26.3 Å². The molecule has 2 rings (SSSR count). The molecule has 0 atom stereocenters. The number of benzene rings is 1. The summed E-state index contributed by atoms with van der Waals surface area (Å²) in [6.07, 6.45) is 5.58. The Labute approximate surface area is 118 Å². The third-order valence-corrected chi connectivity index (χ3v) is 3.03. The highest BCUT2D eigenvalue weighted by Crippen LogP contribution is 2.19. The van der Waals surface area contributed by atoms with Gasteiger partial charge in [-0.05, 0) is 12.0 Å². The van der Waals surface area contributed by atoms with Crippen LogP contribution in [0.2, 0.25) is 0 Å². The number of unbranched alkanes of at least 4 members (excludes halogenated alkanes) is 1. The number of amides is 2. The molecule has 0 aliphatic heterocycles. The zero-order chi connectivity index (χ0) is 14.2. The van der Waals surface area contributed by atoms with E-state index in [1.54, 1.807) is 12.4 Å². The minimum Gasteiger partial charge on any atom is -0.345 e. The van der Waals surface area contributed by atoms with Crippen LogP contribution in [0.4, 0.5) is 4.79 Å². The molecule has 0 saturated heterocycles. The van der Waals surface area contributed by atoms with Crippen LogP contribution < -0.4 is 10.6 Å².